The molecule has 3 heterocycles. The predicted molar refractivity (Wildman–Crippen MR) is 84.1 cm³/mol. The fourth-order valence-electron chi connectivity index (χ4n) is 3.18. The molecular formula is C17H17FN4. The van der Waals surface area contributed by atoms with Gasteiger partial charge in [-0.25, -0.2) is 9.37 Å². The van der Waals surface area contributed by atoms with Crippen LogP contribution in [0.2, 0.25) is 0 Å². The van der Waals surface area contributed by atoms with Crippen LogP contribution in [0.3, 0.4) is 0 Å². The molecule has 1 fully saturated rings. The van der Waals surface area contributed by atoms with E-state index in [1.807, 2.05) is 24.3 Å². The number of piperidine rings is 1. The first-order valence-electron chi connectivity index (χ1n) is 7.62. The smallest absolute Gasteiger partial charge is 0.160 e. The van der Waals surface area contributed by atoms with Crippen molar-refractivity contribution in [2.45, 2.75) is 18.9 Å². The normalized spacial score (nSPS) is 16.2. The molecule has 4 rings (SSSR count). The molecule has 0 aliphatic carbocycles. The molecule has 0 radical (unpaired) electrons. The second-order valence-electron chi connectivity index (χ2n) is 5.63. The monoisotopic (exact) mass is 296 g/mol. The molecule has 1 saturated heterocycles. The number of nitrogens with zero attached hydrogens (tertiary/aromatic N) is 3. The lowest BCUT2D eigenvalue weighted by molar-refractivity contribution is 0.377. The lowest BCUT2D eigenvalue weighted by Gasteiger charge is -2.26. The van der Waals surface area contributed by atoms with Gasteiger partial charge in [0.1, 0.15) is 11.5 Å². The van der Waals surface area contributed by atoms with Crippen LogP contribution in [0.1, 0.15) is 18.9 Å². The van der Waals surface area contributed by atoms with Crippen LogP contribution in [-0.4, -0.2) is 27.6 Å². The summed E-state index contributed by atoms with van der Waals surface area (Å²) in [6.07, 6.45) is 3.85. The van der Waals surface area contributed by atoms with Crippen LogP contribution in [-0.2, 0) is 0 Å². The molecule has 0 amide bonds. The van der Waals surface area contributed by atoms with Crippen molar-refractivity contribution in [3.8, 4) is 11.5 Å². The van der Waals surface area contributed by atoms with Crippen molar-refractivity contribution in [2.75, 3.05) is 13.1 Å². The van der Waals surface area contributed by atoms with Gasteiger partial charge in [-0.3, -0.25) is 4.98 Å². The van der Waals surface area contributed by atoms with Crippen molar-refractivity contribution < 1.29 is 4.39 Å². The molecule has 0 saturated carbocycles. The minimum Gasteiger partial charge on any atom is -0.319 e. The molecule has 22 heavy (non-hydrogen) atoms. The first kappa shape index (κ1) is 13.4. The average molecular weight is 296 g/mol. The van der Waals surface area contributed by atoms with E-state index in [4.69, 9.17) is 0 Å². The van der Waals surface area contributed by atoms with Crippen LogP contribution in [0.15, 0.2) is 42.6 Å². The number of halogens is 1. The van der Waals surface area contributed by atoms with E-state index in [-0.39, 0.29) is 5.82 Å². The maximum absolute atomic E-state index is 13.5. The van der Waals surface area contributed by atoms with Gasteiger partial charge in [0.05, 0.1) is 11.0 Å². The van der Waals surface area contributed by atoms with Gasteiger partial charge in [-0.1, -0.05) is 6.07 Å². The van der Waals surface area contributed by atoms with Crippen LogP contribution in [0.5, 0.6) is 0 Å². The van der Waals surface area contributed by atoms with Crippen molar-refractivity contribution in [3.63, 3.8) is 0 Å². The molecule has 1 N–H and O–H groups in total. The third kappa shape index (κ3) is 2.27. The van der Waals surface area contributed by atoms with Gasteiger partial charge in [0.2, 0.25) is 0 Å². The first-order valence-corrected chi connectivity index (χ1v) is 7.62. The fraction of sp³-hybridized carbons (Fsp3) is 0.294. The largest absolute Gasteiger partial charge is 0.319 e. The van der Waals surface area contributed by atoms with Gasteiger partial charge in [-0.15, -0.1) is 0 Å². The zero-order chi connectivity index (χ0) is 14.9. The predicted octanol–water partition coefficient (Wildman–Crippen LogP) is 3.16. The molecule has 4 nitrogen and oxygen atoms in total. The minimum atomic E-state index is -0.255. The maximum Gasteiger partial charge on any atom is 0.160 e. The number of benzene rings is 1. The van der Waals surface area contributed by atoms with Crippen LogP contribution in [0, 0.1) is 5.82 Å². The van der Waals surface area contributed by atoms with E-state index in [1.54, 1.807) is 6.20 Å². The first-order chi connectivity index (χ1) is 10.8. The van der Waals surface area contributed by atoms with E-state index in [0.717, 1.165) is 43.0 Å². The number of fused-ring (bicyclic) bond motifs is 1. The summed E-state index contributed by atoms with van der Waals surface area (Å²) in [6.45, 7) is 1.99. The highest BCUT2D eigenvalue weighted by molar-refractivity contribution is 5.80. The Kier molecular flexibility index (Phi) is 3.35. The molecule has 1 aliphatic heterocycles. The Morgan fingerprint density at radius 3 is 2.77 bits per heavy atom. The number of nitrogens with one attached hydrogen (secondary N) is 1. The average Bonchev–Trinajstić information content (AvgIpc) is 2.95. The Morgan fingerprint density at radius 1 is 1.14 bits per heavy atom. The molecule has 5 heteroatoms. The minimum absolute atomic E-state index is 0.255. The number of aromatic nitrogens is 3. The highest BCUT2D eigenvalue weighted by atomic mass is 19.1. The van der Waals surface area contributed by atoms with E-state index in [1.165, 1.54) is 12.1 Å². The molecule has 0 spiro atoms. The Labute approximate surface area is 128 Å². The second-order valence-corrected chi connectivity index (χ2v) is 5.63. The van der Waals surface area contributed by atoms with Gasteiger partial charge in [0.15, 0.2) is 5.82 Å². The van der Waals surface area contributed by atoms with E-state index in [9.17, 15) is 4.39 Å². The summed E-state index contributed by atoms with van der Waals surface area (Å²) in [5.41, 5.74) is 2.51. The van der Waals surface area contributed by atoms with Crippen LogP contribution < -0.4 is 5.32 Å². The molecule has 112 valence electrons. The molecule has 1 aromatic carbocycles. The Morgan fingerprint density at radius 2 is 2.00 bits per heavy atom. The van der Waals surface area contributed by atoms with Gasteiger partial charge in [-0.2, -0.15) is 0 Å². The van der Waals surface area contributed by atoms with Gasteiger partial charge >= 0.3 is 0 Å². The SMILES string of the molecule is Fc1ccc2c(c1)nc(-c1ccccn1)n2C1CCNCC1. The fourth-order valence-corrected chi connectivity index (χ4v) is 3.18. The third-order valence-electron chi connectivity index (χ3n) is 4.22. The highest BCUT2D eigenvalue weighted by Gasteiger charge is 2.22. The summed E-state index contributed by atoms with van der Waals surface area (Å²) in [7, 11) is 0. The molecule has 2 aromatic heterocycles. The van der Waals surface area contributed by atoms with Crippen LogP contribution in [0.4, 0.5) is 4.39 Å². The summed E-state index contributed by atoms with van der Waals surface area (Å²) >= 11 is 0. The van der Waals surface area contributed by atoms with Crippen molar-refractivity contribution in [1.29, 1.82) is 0 Å². The van der Waals surface area contributed by atoms with Crippen molar-refractivity contribution in [3.05, 3.63) is 48.4 Å². The van der Waals surface area contributed by atoms with Crippen molar-refractivity contribution in [1.82, 2.24) is 19.9 Å². The van der Waals surface area contributed by atoms with Crippen LogP contribution in [0.25, 0.3) is 22.6 Å². The summed E-state index contributed by atoms with van der Waals surface area (Å²) in [5, 5.41) is 3.38. The molecular weight excluding hydrogens is 279 g/mol. The van der Waals surface area contributed by atoms with Crippen LogP contribution >= 0.6 is 0 Å². The van der Waals surface area contributed by atoms with Gasteiger partial charge in [0.25, 0.3) is 0 Å². The van der Waals surface area contributed by atoms with Gasteiger partial charge in [0, 0.05) is 18.3 Å². The van der Waals surface area contributed by atoms with Crippen molar-refractivity contribution >= 4 is 11.0 Å². The standard InChI is InChI=1S/C17H17FN4/c18-12-4-5-16-15(11-12)21-17(14-3-1-2-8-20-14)22(16)13-6-9-19-10-7-13/h1-5,8,11,13,19H,6-7,9-10H2. The maximum atomic E-state index is 13.5. The number of hydrogen-bond donors (Lipinski definition) is 1. The quantitative estimate of drug-likeness (QED) is 0.790. The number of hydrogen-bond acceptors (Lipinski definition) is 3. The summed E-state index contributed by atoms with van der Waals surface area (Å²) in [5.74, 6) is 0.572. The Bertz CT molecular complexity index is 791. The molecule has 0 unspecified atom stereocenters. The zero-order valence-corrected chi connectivity index (χ0v) is 12.2. The summed E-state index contributed by atoms with van der Waals surface area (Å²) in [4.78, 5) is 9.09. The Balaban J connectivity index is 1.93. The second kappa shape index (κ2) is 5.50. The number of imidazole rings is 1. The third-order valence-corrected chi connectivity index (χ3v) is 4.22. The molecule has 1 aliphatic rings. The van der Waals surface area contributed by atoms with Gasteiger partial charge in [-0.05, 0) is 50.2 Å². The highest BCUT2D eigenvalue weighted by Crippen LogP contribution is 2.31. The van der Waals surface area contributed by atoms with E-state index < -0.39 is 0 Å². The molecule has 0 bridgehead atoms. The van der Waals surface area contributed by atoms with E-state index >= 15 is 0 Å². The lowest BCUT2D eigenvalue weighted by Crippen LogP contribution is -2.29. The van der Waals surface area contributed by atoms with Gasteiger partial charge < -0.3 is 9.88 Å². The molecule has 0 atom stereocenters. The Hall–Kier alpha value is -2.27. The topological polar surface area (TPSA) is 42.7 Å². The molecule has 3 aromatic rings. The lowest BCUT2D eigenvalue weighted by atomic mass is 10.1. The zero-order valence-electron chi connectivity index (χ0n) is 12.2. The number of pyridine rings is 1. The number of rotatable bonds is 2. The summed E-state index contributed by atoms with van der Waals surface area (Å²) < 4.78 is 15.8. The van der Waals surface area contributed by atoms with Crippen molar-refractivity contribution in [2.24, 2.45) is 0 Å². The summed E-state index contributed by atoms with van der Waals surface area (Å²) in [6, 6.07) is 11.0. The van der Waals surface area contributed by atoms with E-state index in [2.05, 4.69) is 19.9 Å². The van der Waals surface area contributed by atoms with E-state index in [0.29, 0.717) is 11.6 Å².